The molecule has 3 amide bonds. The number of imide groups is 1. The summed E-state index contributed by atoms with van der Waals surface area (Å²) in [6, 6.07) is 8.70. The van der Waals surface area contributed by atoms with Crippen molar-refractivity contribution in [2.75, 3.05) is 10.2 Å². The molecular formula is C21H19Cl2N3O5S. The number of carbonyl (C=O) groups is 3. The van der Waals surface area contributed by atoms with E-state index in [9.17, 15) is 22.8 Å². The molecule has 0 bridgehead atoms. The van der Waals surface area contributed by atoms with Gasteiger partial charge in [0.1, 0.15) is 10.9 Å². The van der Waals surface area contributed by atoms with Crippen molar-refractivity contribution in [2.24, 2.45) is 0 Å². The van der Waals surface area contributed by atoms with Crippen LogP contribution in [0.4, 0.5) is 11.4 Å². The van der Waals surface area contributed by atoms with Gasteiger partial charge >= 0.3 is 0 Å². The average Bonchev–Trinajstić information content (AvgIpc) is 3.50. The summed E-state index contributed by atoms with van der Waals surface area (Å²) in [4.78, 5) is 38.0. The van der Waals surface area contributed by atoms with Crippen LogP contribution in [0, 0.1) is 0 Å². The van der Waals surface area contributed by atoms with E-state index in [2.05, 4.69) is 5.32 Å². The number of nitrogens with one attached hydrogen (secondary N) is 1. The number of carbonyl (C=O) groups excluding carboxylic acids is 3. The van der Waals surface area contributed by atoms with Gasteiger partial charge in [-0.3, -0.25) is 14.4 Å². The molecule has 2 fully saturated rings. The smallest absolute Gasteiger partial charge is 0.252 e. The second-order valence-electron chi connectivity index (χ2n) is 7.66. The van der Waals surface area contributed by atoms with E-state index in [0.717, 1.165) is 9.21 Å². The summed E-state index contributed by atoms with van der Waals surface area (Å²) >= 11 is 12.1. The number of rotatable bonds is 6. The van der Waals surface area contributed by atoms with Crippen molar-refractivity contribution in [3.63, 3.8) is 0 Å². The Morgan fingerprint density at radius 3 is 2.34 bits per heavy atom. The van der Waals surface area contributed by atoms with Gasteiger partial charge in [0.05, 0.1) is 17.1 Å². The largest absolute Gasteiger partial charge is 0.326 e. The van der Waals surface area contributed by atoms with Crippen molar-refractivity contribution >= 4 is 62.3 Å². The summed E-state index contributed by atoms with van der Waals surface area (Å²) in [6.45, 7) is 1.37. The van der Waals surface area contributed by atoms with E-state index in [-0.39, 0.29) is 33.3 Å². The van der Waals surface area contributed by atoms with Crippen LogP contribution in [0.15, 0.2) is 47.4 Å². The Bertz CT molecular complexity index is 1210. The lowest BCUT2D eigenvalue weighted by Gasteiger charge is -2.27. The molecule has 0 spiro atoms. The standard InChI is InChI=1S/C21H19Cl2N3O5S/c1-12(27)24-14-3-5-15(6-4-14)25-20(28)11-18(21(25)29)26(16-7-8-16)32(30,31)19-10-13(22)2-9-17(19)23/h2-6,9-10,16,18H,7-8,11H2,1H3,(H,24,27). The van der Waals surface area contributed by atoms with Gasteiger partial charge < -0.3 is 5.32 Å². The van der Waals surface area contributed by atoms with Crippen LogP contribution in [0.1, 0.15) is 26.2 Å². The molecule has 2 aliphatic rings. The number of benzene rings is 2. The van der Waals surface area contributed by atoms with Gasteiger partial charge in [0.2, 0.25) is 21.8 Å². The molecule has 8 nitrogen and oxygen atoms in total. The fraction of sp³-hybridized carbons (Fsp3) is 0.286. The summed E-state index contributed by atoms with van der Waals surface area (Å²) in [5, 5.41) is 2.79. The van der Waals surface area contributed by atoms with Gasteiger partial charge in [0.15, 0.2) is 0 Å². The Balaban J connectivity index is 1.66. The minimum absolute atomic E-state index is 0.0118. The molecule has 1 heterocycles. The van der Waals surface area contributed by atoms with Gasteiger partial charge in [-0.25, -0.2) is 13.3 Å². The van der Waals surface area contributed by atoms with Crippen molar-refractivity contribution in [1.29, 1.82) is 0 Å². The summed E-state index contributed by atoms with van der Waals surface area (Å²) < 4.78 is 28.1. The highest BCUT2D eigenvalue weighted by atomic mass is 35.5. The summed E-state index contributed by atoms with van der Waals surface area (Å²) in [6.07, 6.45) is 0.891. The first-order valence-electron chi connectivity index (χ1n) is 9.82. The first-order chi connectivity index (χ1) is 15.1. The van der Waals surface area contributed by atoms with Gasteiger partial charge in [0.25, 0.3) is 5.91 Å². The van der Waals surface area contributed by atoms with Crippen LogP contribution in [-0.4, -0.2) is 42.5 Å². The predicted molar refractivity (Wildman–Crippen MR) is 120 cm³/mol. The van der Waals surface area contributed by atoms with E-state index in [1.54, 1.807) is 12.1 Å². The minimum Gasteiger partial charge on any atom is -0.326 e. The van der Waals surface area contributed by atoms with Gasteiger partial charge in [-0.2, -0.15) is 4.31 Å². The van der Waals surface area contributed by atoms with Crippen LogP contribution >= 0.6 is 23.2 Å². The molecule has 1 atom stereocenters. The normalized spacial score (nSPS) is 19.0. The highest BCUT2D eigenvalue weighted by molar-refractivity contribution is 7.89. The molecule has 4 rings (SSSR count). The van der Waals surface area contributed by atoms with E-state index >= 15 is 0 Å². The number of sulfonamides is 1. The molecule has 1 unspecified atom stereocenters. The lowest BCUT2D eigenvalue weighted by Crippen LogP contribution is -2.46. The van der Waals surface area contributed by atoms with Crippen molar-refractivity contribution in [1.82, 2.24) is 4.31 Å². The zero-order valence-electron chi connectivity index (χ0n) is 16.9. The van der Waals surface area contributed by atoms with Crippen molar-refractivity contribution < 1.29 is 22.8 Å². The van der Waals surface area contributed by atoms with E-state index in [1.807, 2.05) is 0 Å². The zero-order chi connectivity index (χ0) is 23.2. The minimum atomic E-state index is -4.19. The van der Waals surface area contributed by atoms with Crippen LogP contribution in [0.3, 0.4) is 0 Å². The highest BCUT2D eigenvalue weighted by Gasteiger charge is 2.52. The average molecular weight is 496 g/mol. The van der Waals surface area contributed by atoms with Crippen LogP contribution in [0.5, 0.6) is 0 Å². The first kappa shape index (κ1) is 22.7. The second kappa shape index (κ2) is 8.47. The zero-order valence-corrected chi connectivity index (χ0v) is 19.2. The molecule has 1 aliphatic carbocycles. The molecule has 1 saturated carbocycles. The number of nitrogens with zero attached hydrogens (tertiary/aromatic N) is 2. The van der Waals surface area contributed by atoms with E-state index in [4.69, 9.17) is 23.2 Å². The Hall–Kier alpha value is -2.46. The number of hydrogen-bond donors (Lipinski definition) is 1. The highest BCUT2D eigenvalue weighted by Crippen LogP contribution is 2.40. The van der Waals surface area contributed by atoms with Crippen LogP contribution in [0.25, 0.3) is 0 Å². The van der Waals surface area contributed by atoms with Gasteiger partial charge in [-0.1, -0.05) is 23.2 Å². The summed E-state index contributed by atoms with van der Waals surface area (Å²) in [5.41, 5.74) is 0.806. The molecule has 168 valence electrons. The molecular weight excluding hydrogens is 477 g/mol. The molecule has 2 aromatic carbocycles. The maximum atomic E-state index is 13.5. The third kappa shape index (κ3) is 4.25. The van der Waals surface area contributed by atoms with E-state index in [0.29, 0.717) is 24.2 Å². The first-order valence-corrected chi connectivity index (χ1v) is 12.0. The Morgan fingerprint density at radius 1 is 1.09 bits per heavy atom. The third-order valence-electron chi connectivity index (χ3n) is 5.23. The molecule has 11 heteroatoms. The van der Waals surface area contributed by atoms with Gasteiger partial charge in [-0.15, -0.1) is 0 Å². The van der Waals surface area contributed by atoms with Crippen LogP contribution in [-0.2, 0) is 24.4 Å². The molecule has 2 aromatic rings. The quantitative estimate of drug-likeness (QED) is 0.618. The van der Waals surface area contributed by atoms with E-state index in [1.165, 1.54) is 37.3 Å². The van der Waals surface area contributed by atoms with Crippen molar-refractivity contribution in [3.05, 3.63) is 52.5 Å². The lowest BCUT2D eigenvalue weighted by molar-refractivity contribution is -0.122. The predicted octanol–water partition coefficient (Wildman–Crippen LogP) is 3.44. The monoisotopic (exact) mass is 495 g/mol. The third-order valence-corrected chi connectivity index (χ3v) is 7.91. The Labute approximate surface area is 195 Å². The maximum absolute atomic E-state index is 13.5. The Kier molecular flexibility index (Phi) is 6.02. The maximum Gasteiger partial charge on any atom is 0.252 e. The molecule has 1 aliphatic heterocycles. The Morgan fingerprint density at radius 2 is 1.75 bits per heavy atom. The number of amides is 3. The molecule has 0 radical (unpaired) electrons. The number of hydrogen-bond acceptors (Lipinski definition) is 5. The van der Waals surface area contributed by atoms with Crippen molar-refractivity contribution in [3.8, 4) is 0 Å². The van der Waals surface area contributed by atoms with Gasteiger partial charge in [-0.05, 0) is 55.3 Å². The SMILES string of the molecule is CC(=O)Nc1ccc(N2C(=O)CC(N(C3CC3)S(=O)(=O)c3cc(Cl)ccc3Cl)C2=O)cc1. The van der Waals surface area contributed by atoms with E-state index < -0.39 is 27.9 Å². The van der Waals surface area contributed by atoms with Crippen LogP contribution in [0.2, 0.25) is 10.0 Å². The lowest BCUT2D eigenvalue weighted by atomic mass is 10.2. The molecule has 1 N–H and O–H groups in total. The second-order valence-corrected chi connectivity index (χ2v) is 10.3. The van der Waals surface area contributed by atoms with Crippen LogP contribution < -0.4 is 10.2 Å². The van der Waals surface area contributed by atoms with Gasteiger partial charge in [0, 0.05) is 23.7 Å². The summed E-state index contributed by atoms with van der Waals surface area (Å²) in [5.74, 6) is -1.39. The number of halogens is 2. The summed E-state index contributed by atoms with van der Waals surface area (Å²) in [7, 11) is -4.19. The fourth-order valence-electron chi connectivity index (χ4n) is 3.72. The van der Waals surface area contributed by atoms with Crippen molar-refractivity contribution in [2.45, 2.75) is 43.2 Å². The molecule has 0 aromatic heterocycles. The topological polar surface area (TPSA) is 104 Å². The molecule has 1 saturated heterocycles. The fourth-order valence-corrected chi connectivity index (χ4v) is 6.29. The molecule has 32 heavy (non-hydrogen) atoms. The number of anilines is 2.